The van der Waals surface area contributed by atoms with Crippen LogP contribution in [-0.2, 0) is 9.53 Å². The van der Waals surface area contributed by atoms with Crippen molar-refractivity contribution < 1.29 is 9.53 Å². The van der Waals surface area contributed by atoms with Crippen molar-refractivity contribution in [1.82, 2.24) is 0 Å². The topological polar surface area (TPSA) is 26.3 Å². The van der Waals surface area contributed by atoms with E-state index in [1.807, 2.05) is 0 Å². The van der Waals surface area contributed by atoms with E-state index in [9.17, 15) is 4.79 Å². The van der Waals surface area contributed by atoms with Gasteiger partial charge in [0.05, 0.1) is 0 Å². The molecule has 0 N–H and O–H groups in total. The molecule has 3 rings (SSSR count). The van der Waals surface area contributed by atoms with Crippen molar-refractivity contribution in [3.63, 3.8) is 0 Å². The molecule has 0 saturated heterocycles. The van der Waals surface area contributed by atoms with Crippen LogP contribution in [0.25, 0.3) is 0 Å². The van der Waals surface area contributed by atoms with E-state index in [-0.39, 0.29) is 12.1 Å². The Bertz CT molecular complexity index is 459. The zero-order chi connectivity index (χ0) is 19.8. The van der Waals surface area contributed by atoms with Crippen molar-refractivity contribution in [3.8, 4) is 0 Å². The standard InChI is InChI=1S/C26H46O2/c1-3-5-7-8-9-10-20-12-16-24-21(18-20)13-14-22-19-23(15-17-25(22)24)28-26(27)11-6-4-2/h20-25H,3-19H2,1-2H3/t20-,21?,22?,23-,24?,25?/m0/s1. The summed E-state index contributed by atoms with van der Waals surface area (Å²) in [5, 5.41) is 0. The lowest BCUT2D eigenvalue weighted by Crippen LogP contribution is -2.43. The van der Waals surface area contributed by atoms with Gasteiger partial charge >= 0.3 is 5.97 Å². The van der Waals surface area contributed by atoms with Crippen molar-refractivity contribution in [2.75, 3.05) is 0 Å². The number of fused-ring (bicyclic) bond motifs is 3. The smallest absolute Gasteiger partial charge is 0.306 e. The molecule has 0 radical (unpaired) electrons. The number of rotatable bonds is 10. The number of hydrogen-bond acceptors (Lipinski definition) is 2. The van der Waals surface area contributed by atoms with Crippen LogP contribution in [-0.4, -0.2) is 12.1 Å². The summed E-state index contributed by atoms with van der Waals surface area (Å²) in [6, 6.07) is 0. The Balaban J connectivity index is 1.40. The maximum Gasteiger partial charge on any atom is 0.306 e. The van der Waals surface area contributed by atoms with Gasteiger partial charge in [-0.05, 0) is 81.0 Å². The lowest BCUT2D eigenvalue weighted by Gasteiger charge is -2.50. The van der Waals surface area contributed by atoms with E-state index in [4.69, 9.17) is 4.74 Å². The van der Waals surface area contributed by atoms with Crippen LogP contribution in [0.3, 0.4) is 0 Å². The second-order valence-corrected chi connectivity index (χ2v) is 10.3. The monoisotopic (exact) mass is 390 g/mol. The molecule has 3 aliphatic rings. The lowest BCUT2D eigenvalue weighted by atomic mass is 9.56. The summed E-state index contributed by atoms with van der Waals surface area (Å²) >= 11 is 0. The summed E-state index contributed by atoms with van der Waals surface area (Å²) in [4.78, 5) is 12.0. The average Bonchev–Trinajstić information content (AvgIpc) is 2.71. The average molecular weight is 391 g/mol. The van der Waals surface area contributed by atoms with Crippen LogP contribution in [0.15, 0.2) is 0 Å². The fourth-order valence-corrected chi connectivity index (χ4v) is 6.82. The van der Waals surface area contributed by atoms with Crippen molar-refractivity contribution in [2.24, 2.45) is 29.6 Å². The molecule has 0 spiro atoms. The van der Waals surface area contributed by atoms with Gasteiger partial charge in [0, 0.05) is 6.42 Å². The lowest BCUT2D eigenvalue weighted by molar-refractivity contribution is -0.153. The summed E-state index contributed by atoms with van der Waals surface area (Å²) in [5.74, 6) is 4.86. The number of carbonyl (C=O) groups excluding carboxylic acids is 1. The second-order valence-electron chi connectivity index (χ2n) is 10.3. The third kappa shape index (κ3) is 6.23. The predicted molar refractivity (Wildman–Crippen MR) is 117 cm³/mol. The van der Waals surface area contributed by atoms with Gasteiger partial charge in [-0.2, -0.15) is 0 Å². The normalized spacial score (nSPS) is 35.1. The molecule has 3 fully saturated rings. The Morgan fingerprint density at radius 3 is 2.18 bits per heavy atom. The maximum atomic E-state index is 12.0. The zero-order valence-corrected chi connectivity index (χ0v) is 18.8. The van der Waals surface area contributed by atoms with Gasteiger partial charge in [0.15, 0.2) is 0 Å². The van der Waals surface area contributed by atoms with E-state index in [1.54, 1.807) is 0 Å². The van der Waals surface area contributed by atoms with E-state index in [0.29, 0.717) is 6.42 Å². The Kier molecular flexibility index (Phi) is 9.18. The maximum absolute atomic E-state index is 12.0. The van der Waals surface area contributed by atoms with Crippen LogP contribution in [0, 0.1) is 29.6 Å². The van der Waals surface area contributed by atoms with Gasteiger partial charge in [-0.25, -0.2) is 0 Å². The molecule has 3 aliphatic carbocycles. The van der Waals surface area contributed by atoms with Crippen molar-refractivity contribution >= 4 is 5.97 Å². The largest absolute Gasteiger partial charge is 0.462 e. The van der Waals surface area contributed by atoms with Crippen molar-refractivity contribution in [2.45, 2.75) is 129 Å². The molecule has 0 aliphatic heterocycles. The first-order valence-corrected chi connectivity index (χ1v) is 12.9. The van der Waals surface area contributed by atoms with Crippen LogP contribution in [0.1, 0.15) is 123 Å². The first kappa shape index (κ1) is 22.2. The minimum atomic E-state index is 0.0541. The van der Waals surface area contributed by atoms with Gasteiger partial charge in [0.1, 0.15) is 6.10 Å². The molecule has 0 aromatic rings. The third-order valence-corrected chi connectivity index (χ3v) is 8.35. The molecule has 2 heteroatoms. The van der Waals surface area contributed by atoms with Crippen LogP contribution < -0.4 is 0 Å². The highest BCUT2D eigenvalue weighted by Crippen LogP contribution is 2.53. The molecule has 4 unspecified atom stereocenters. The number of esters is 1. The quantitative estimate of drug-likeness (QED) is 0.282. The summed E-state index contributed by atoms with van der Waals surface area (Å²) < 4.78 is 5.83. The molecule has 6 atom stereocenters. The van der Waals surface area contributed by atoms with Gasteiger partial charge in [0.2, 0.25) is 0 Å². The SMILES string of the molecule is CCCCCCC[C@H]1CCC2C(CCC3C[C@@H](OC(=O)CCCC)CCC32)C1. The Labute approximate surface area is 174 Å². The van der Waals surface area contributed by atoms with Gasteiger partial charge in [0.25, 0.3) is 0 Å². The van der Waals surface area contributed by atoms with Gasteiger partial charge in [-0.15, -0.1) is 0 Å². The summed E-state index contributed by atoms with van der Waals surface area (Å²) in [6.45, 7) is 4.44. The van der Waals surface area contributed by atoms with Crippen LogP contribution in [0.2, 0.25) is 0 Å². The Morgan fingerprint density at radius 2 is 1.43 bits per heavy atom. The molecule has 3 saturated carbocycles. The van der Waals surface area contributed by atoms with Gasteiger partial charge in [-0.1, -0.05) is 65.2 Å². The van der Waals surface area contributed by atoms with E-state index in [1.165, 1.54) is 77.0 Å². The molecule has 2 nitrogen and oxygen atoms in total. The summed E-state index contributed by atoms with van der Waals surface area (Å²) in [6.07, 6.45) is 22.5. The molecule has 0 heterocycles. The molecule has 0 aromatic carbocycles. The zero-order valence-electron chi connectivity index (χ0n) is 18.8. The van der Waals surface area contributed by atoms with Gasteiger partial charge < -0.3 is 4.74 Å². The Hall–Kier alpha value is -0.530. The number of hydrogen-bond donors (Lipinski definition) is 0. The van der Waals surface area contributed by atoms with E-state index >= 15 is 0 Å². The second kappa shape index (κ2) is 11.6. The van der Waals surface area contributed by atoms with E-state index in [2.05, 4.69) is 13.8 Å². The first-order chi connectivity index (χ1) is 13.7. The van der Waals surface area contributed by atoms with Crippen molar-refractivity contribution in [1.29, 1.82) is 0 Å². The van der Waals surface area contributed by atoms with E-state index < -0.39 is 0 Å². The fraction of sp³-hybridized carbons (Fsp3) is 0.962. The predicted octanol–water partition coefficient (Wildman–Crippen LogP) is 7.69. The van der Waals surface area contributed by atoms with Crippen LogP contribution in [0.5, 0.6) is 0 Å². The number of unbranched alkanes of at least 4 members (excludes halogenated alkanes) is 5. The molecule has 0 amide bonds. The molecule has 0 aromatic heterocycles. The highest BCUT2D eigenvalue weighted by Gasteiger charge is 2.44. The minimum Gasteiger partial charge on any atom is -0.462 e. The summed E-state index contributed by atoms with van der Waals surface area (Å²) in [5.41, 5.74) is 0. The van der Waals surface area contributed by atoms with E-state index in [0.717, 1.165) is 55.3 Å². The van der Waals surface area contributed by atoms with Crippen LogP contribution in [0.4, 0.5) is 0 Å². The highest BCUT2D eigenvalue weighted by atomic mass is 16.5. The molecule has 162 valence electrons. The number of carbonyl (C=O) groups is 1. The van der Waals surface area contributed by atoms with Gasteiger partial charge in [-0.3, -0.25) is 4.79 Å². The third-order valence-electron chi connectivity index (χ3n) is 8.35. The molecule has 0 bridgehead atoms. The summed E-state index contributed by atoms with van der Waals surface area (Å²) in [7, 11) is 0. The first-order valence-electron chi connectivity index (χ1n) is 12.9. The minimum absolute atomic E-state index is 0.0541. The fourth-order valence-electron chi connectivity index (χ4n) is 6.82. The number of ether oxygens (including phenoxy) is 1. The molecular weight excluding hydrogens is 344 g/mol. The highest BCUT2D eigenvalue weighted by molar-refractivity contribution is 5.69. The van der Waals surface area contributed by atoms with Crippen molar-refractivity contribution in [3.05, 3.63) is 0 Å². The van der Waals surface area contributed by atoms with Crippen LogP contribution >= 0.6 is 0 Å². The molecule has 28 heavy (non-hydrogen) atoms. The molecular formula is C26H46O2. The Morgan fingerprint density at radius 1 is 0.750 bits per heavy atom.